The molecular weight excluding hydrogens is 576 g/mol. The Hall–Kier alpha value is -4.25. The zero-order valence-corrected chi connectivity index (χ0v) is 25.2. The summed E-state index contributed by atoms with van der Waals surface area (Å²) < 4.78 is 60.3. The molecule has 0 radical (unpaired) electrons. The van der Waals surface area contributed by atoms with Crippen molar-refractivity contribution in [3.05, 3.63) is 77.6 Å². The van der Waals surface area contributed by atoms with Crippen LogP contribution in [-0.2, 0) is 10.0 Å². The third-order valence-electron chi connectivity index (χ3n) is 7.93. The normalized spacial score (nSPS) is 16.9. The van der Waals surface area contributed by atoms with E-state index in [9.17, 15) is 26.8 Å². The number of rotatable bonds is 8. The van der Waals surface area contributed by atoms with Gasteiger partial charge in [-0.1, -0.05) is 12.1 Å². The molecule has 1 aliphatic rings. The molecule has 4 aromatic rings. The first-order valence-electron chi connectivity index (χ1n) is 14.0. The number of furan rings is 1. The predicted octanol–water partition coefficient (Wildman–Crippen LogP) is 6.01. The Bertz CT molecular complexity index is 1790. The van der Waals surface area contributed by atoms with Crippen LogP contribution in [0.4, 0.5) is 14.5 Å². The van der Waals surface area contributed by atoms with Gasteiger partial charge < -0.3 is 14.6 Å². The number of fused-ring (bicyclic) bond motifs is 1. The summed E-state index contributed by atoms with van der Waals surface area (Å²) in [5.41, 5.74) is 2.19. The van der Waals surface area contributed by atoms with Crippen LogP contribution in [0.1, 0.15) is 47.4 Å². The van der Waals surface area contributed by atoms with E-state index >= 15 is 0 Å². The van der Waals surface area contributed by atoms with Gasteiger partial charge in [-0.25, -0.2) is 17.2 Å². The topological polar surface area (TPSA) is 99.9 Å². The third kappa shape index (κ3) is 5.73. The number of hydrogen-bond donors (Lipinski definition) is 1. The van der Waals surface area contributed by atoms with Gasteiger partial charge >= 0.3 is 0 Å². The second-order valence-corrected chi connectivity index (χ2v) is 12.8. The molecule has 8 nitrogen and oxygen atoms in total. The van der Waals surface area contributed by atoms with Crippen molar-refractivity contribution < 1.29 is 31.2 Å². The standard InChI is InChI=1S/C32H33F2N3O5S/c1-19-8-9-20(2)37(19)32(39)23-7-5-6-22(16-23)25-17-26-28(18-27(25)36(15-14-33)43(4,40)41)42-30(29(26)31(38)35-3)21-10-12-24(34)13-11-21/h5-7,10-13,16-20H,8-9,14-15H2,1-4H3,(H,35,38)/t19-,20-/m1/s1. The van der Waals surface area contributed by atoms with Crippen LogP contribution in [0.2, 0.25) is 0 Å². The number of carbonyl (C=O) groups excluding carboxylic acids is 2. The highest BCUT2D eigenvalue weighted by atomic mass is 32.2. The molecule has 1 fully saturated rings. The third-order valence-corrected chi connectivity index (χ3v) is 9.11. The van der Waals surface area contributed by atoms with Gasteiger partial charge in [-0.3, -0.25) is 13.9 Å². The minimum Gasteiger partial charge on any atom is -0.455 e. The molecule has 5 rings (SSSR count). The molecule has 0 aliphatic carbocycles. The smallest absolute Gasteiger partial charge is 0.255 e. The Morgan fingerprint density at radius 2 is 1.70 bits per heavy atom. The van der Waals surface area contributed by atoms with E-state index in [4.69, 9.17) is 4.42 Å². The fourth-order valence-electron chi connectivity index (χ4n) is 5.83. The maximum absolute atomic E-state index is 13.7. The van der Waals surface area contributed by atoms with Crippen LogP contribution < -0.4 is 9.62 Å². The highest BCUT2D eigenvalue weighted by Gasteiger charge is 2.32. The first kappa shape index (κ1) is 30.2. The lowest BCUT2D eigenvalue weighted by atomic mass is 9.97. The Labute approximate surface area is 249 Å². The van der Waals surface area contributed by atoms with Gasteiger partial charge in [-0.2, -0.15) is 0 Å². The van der Waals surface area contributed by atoms with Crippen molar-refractivity contribution in [1.82, 2.24) is 10.2 Å². The van der Waals surface area contributed by atoms with Crippen LogP contribution in [0.25, 0.3) is 33.4 Å². The number of amides is 2. The summed E-state index contributed by atoms with van der Waals surface area (Å²) in [5.74, 6) is -0.914. The first-order valence-corrected chi connectivity index (χ1v) is 15.8. The van der Waals surface area contributed by atoms with E-state index in [1.54, 1.807) is 30.3 Å². The second-order valence-electron chi connectivity index (χ2n) is 10.9. The summed E-state index contributed by atoms with van der Waals surface area (Å²) >= 11 is 0. The zero-order chi connectivity index (χ0) is 31.1. The molecule has 0 saturated carbocycles. The van der Waals surface area contributed by atoms with Gasteiger partial charge in [-0.15, -0.1) is 0 Å². The molecule has 1 saturated heterocycles. The quantitative estimate of drug-likeness (QED) is 0.264. The minimum absolute atomic E-state index is 0.0780. The molecule has 1 aliphatic heterocycles. The summed E-state index contributed by atoms with van der Waals surface area (Å²) in [7, 11) is -2.49. The van der Waals surface area contributed by atoms with Crippen LogP contribution >= 0.6 is 0 Å². The van der Waals surface area contributed by atoms with Gasteiger partial charge in [-0.05, 0) is 74.7 Å². The Morgan fingerprint density at radius 1 is 1.02 bits per heavy atom. The molecular formula is C32H33F2N3O5S. The zero-order valence-electron chi connectivity index (χ0n) is 24.4. The van der Waals surface area contributed by atoms with Crippen molar-refractivity contribution in [1.29, 1.82) is 0 Å². The average molecular weight is 610 g/mol. The lowest BCUT2D eigenvalue weighted by Gasteiger charge is -2.27. The molecule has 43 heavy (non-hydrogen) atoms. The van der Waals surface area contributed by atoms with Gasteiger partial charge in [0.15, 0.2) is 0 Å². The number of sulfonamides is 1. The highest BCUT2D eigenvalue weighted by Crippen LogP contribution is 2.42. The van der Waals surface area contributed by atoms with E-state index in [2.05, 4.69) is 5.32 Å². The van der Waals surface area contributed by atoms with E-state index in [1.165, 1.54) is 37.4 Å². The van der Waals surface area contributed by atoms with E-state index in [-0.39, 0.29) is 40.6 Å². The number of nitrogens with zero attached hydrogens (tertiary/aromatic N) is 2. The van der Waals surface area contributed by atoms with E-state index in [0.29, 0.717) is 27.6 Å². The van der Waals surface area contributed by atoms with Crippen LogP contribution in [0.5, 0.6) is 0 Å². The summed E-state index contributed by atoms with van der Waals surface area (Å²) in [6.45, 7) is 2.62. The lowest BCUT2D eigenvalue weighted by molar-refractivity contribution is 0.0692. The number of anilines is 1. The maximum Gasteiger partial charge on any atom is 0.255 e. The molecule has 1 N–H and O–H groups in total. The molecule has 11 heteroatoms. The van der Waals surface area contributed by atoms with E-state index < -0.39 is 35.0 Å². The van der Waals surface area contributed by atoms with Crippen LogP contribution in [0.15, 0.2) is 65.1 Å². The molecule has 2 amide bonds. The monoisotopic (exact) mass is 609 g/mol. The second kappa shape index (κ2) is 11.8. The number of benzene rings is 3. The number of hydrogen-bond acceptors (Lipinski definition) is 5. The SMILES string of the molecule is CNC(=O)c1c(-c2ccc(F)cc2)oc2cc(N(CCF)S(C)(=O)=O)c(-c3cccc(C(=O)N4[C@H](C)CC[C@H]4C)c3)cc12. The number of halogens is 2. The van der Waals surface area contributed by atoms with Crippen molar-refractivity contribution >= 4 is 38.5 Å². The molecule has 226 valence electrons. The van der Waals surface area contributed by atoms with Crippen LogP contribution in [-0.4, -0.2) is 63.7 Å². The minimum atomic E-state index is -3.96. The summed E-state index contributed by atoms with van der Waals surface area (Å²) in [4.78, 5) is 28.6. The van der Waals surface area contributed by atoms with Crippen molar-refractivity contribution in [3.8, 4) is 22.5 Å². The molecule has 0 bridgehead atoms. The number of alkyl halides is 1. The van der Waals surface area contributed by atoms with E-state index in [0.717, 1.165) is 23.4 Å². The van der Waals surface area contributed by atoms with Crippen molar-refractivity contribution in [2.24, 2.45) is 0 Å². The van der Waals surface area contributed by atoms with Gasteiger partial charge in [0.1, 0.15) is 23.8 Å². The van der Waals surface area contributed by atoms with Crippen molar-refractivity contribution in [2.45, 2.75) is 38.8 Å². The largest absolute Gasteiger partial charge is 0.455 e. The van der Waals surface area contributed by atoms with Gasteiger partial charge in [0.05, 0.1) is 24.1 Å². The van der Waals surface area contributed by atoms with Crippen LogP contribution in [0, 0.1) is 5.82 Å². The maximum atomic E-state index is 13.7. The predicted molar refractivity (Wildman–Crippen MR) is 163 cm³/mol. The van der Waals surface area contributed by atoms with Gasteiger partial charge in [0, 0.05) is 47.3 Å². The van der Waals surface area contributed by atoms with Gasteiger partial charge in [0.2, 0.25) is 10.0 Å². The fraction of sp³-hybridized carbons (Fsp3) is 0.312. The van der Waals surface area contributed by atoms with E-state index in [1.807, 2.05) is 18.7 Å². The first-order chi connectivity index (χ1) is 20.4. The molecule has 0 unspecified atom stereocenters. The average Bonchev–Trinajstić information content (AvgIpc) is 3.52. The Morgan fingerprint density at radius 3 is 2.30 bits per heavy atom. The van der Waals surface area contributed by atoms with Crippen molar-refractivity contribution in [3.63, 3.8) is 0 Å². The molecule has 2 atom stereocenters. The summed E-state index contributed by atoms with van der Waals surface area (Å²) in [5, 5.41) is 2.97. The summed E-state index contributed by atoms with van der Waals surface area (Å²) in [6.07, 6.45) is 2.78. The Balaban J connectivity index is 1.77. The van der Waals surface area contributed by atoms with Crippen LogP contribution in [0.3, 0.4) is 0 Å². The van der Waals surface area contributed by atoms with Crippen molar-refractivity contribution in [2.75, 3.05) is 30.8 Å². The fourth-order valence-corrected chi connectivity index (χ4v) is 6.74. The lowest BCUT2D eigenvalue weighted by Crippen LogP contribution is -2.38. The molecule has 2 heterocycles. The number of likely N-dealkylation sites (tertiary alicyclic amines) is 1. The molecule has 0 spiro atoms. The van der Waals surface area contributed by atoms with Gasteiger partial charge in [0.25, 0.3) is 11.8 Å². The number of carbonyl (C=O) groups is 2. The molecule has 3 aromatic carbocycles. The Kier molecular flexibility index (Phi) is 8.29. The number of nitrogens with one attached hydrogen (secondary N) is 1. The molecule has 1 aromatic heterocycles. The summed E-state index contributed by atoms with van der Waals surface area (Å²) in [6, 6.07) is 15.5. The highest BCUT2D eigenvalue weighted by molar-refractivity contribution is 7.92.